The van der Waals surface area contributed by atoms with E-state index in [0.717, 1.165) is 11.3 Å². The van der Waals surface area contributed by atoms with Gasteiger partial charge in [0.25, 0.3) is 0 Å². The number of hydrogen-bond acceptors (Lipinski definition) is 4. The molecule has 2 aromatic rings. The number of aromatic carboxylic acids is 1. The first kappa shape index (κ1) is 14.0. The van der Waals surface area contributed by atoms with Crippen LogP contribution in [0, 0.1) is 0 Å². The summed E-state index contributed by atoms with van der Waals surface area (Å²) in [6.45, 7) is 4.31. The van der Waals surface area contributed by atoms with E-state index in [1.165, 1.54) is 0 Å². The topological polar surface area (TPSA) is 77.2 Å². The third-order valence-electron chi connectivity index (χ3n) is 2.99. The Morgan fingerprint density at radius 2 is 2.20 bits per heavy atom. The molecule has 0 saturated carbocycles. The summed E-state index contributed by atoms with van der Waals surface area (Å²) in [5.41, 5.74) is 1.62. The van der Waals surface area contributed by atoms with Crippen molar-refractivity contribution in [3.63, 3.8) is 0 Å². The Labute approximate surface area is 117 Å². The molecule has 20 heavy (non-hydrogen) atoms. The van der Waals surface area contributed by atoms with E-state index in [9.17, 15) is 4.79 Å². The maximum atomic E-state index is 11.2. The molecule has 6 heteroatoms. The lowest BCUT2D eigenvalue weighted by atomic mass is 10.1. The van der Waals surface area contributed by atoms with E-state index in [2.05, 4.69) is 10.3 Å². The average Bonchev–Trinajstić information content (AvgIpc) is 2.83. The van der Waals surface area contributed by atoms with Crippen molar-refractivity contribution in [3.8, 4) is 5.75 Å². The van der Waals surface area contributed by atoms with Gasteiger partial charge in [-0.3, -0.25) is 0 Å². The van der Waals surface area contributed by atoms with Crippen LogP contribution in [0.25, 0.3) is 0 Å². The van der Waals surface area contributed by atoms with Crippen LogP contribution in [0.1, 0.15) is 41.5 Å². The number of nitrogens with zero attached hydrogens (tertiary/aromatic N) is 3. The third-order valence-corrected chi connectivity index (χ3v) is 2.99. The number of carboxylic acids is 1. The van der Waals surface area contributed by atoms with Gasteiger partial charge in [-0.1, -0.05) is 31.2 Å². The molecule has 6 nitrogen and oxygen atoms in total. The minimum atomic E-state index is -1.05. The van der Waals surface area contributed by atoms with Gasteiger partial charge in [-0.25, -0.2) is 9.48 Å². The van der Waals surface area contributed by atoms with Crippen LogP contribution < -0.4 is 4.74 Å². The maximum absolute atomic E-state index is 11.2. The summed E-state index contributed by atoms with van der Waals surface area (Å²) in [6.07, 6.45) is 0. The van der Waals surface area contributed by atoms with Gasteiger partial charge in [0.15, 0.2) is 5.69 Å². The zero-order valence-electron chi connectivity index (χ0n) is 11.7. The monoisotopic (exact) mass is 275 g/mol. The van der Waals surface area contributed by atoms with Gasteiger partial charge < -0.3 is 9.84 Å². The molecular weight excluding hydrogens is 258 g/mol. The zero-order chi connectivity index (χ0) is 14.7. The third kappa shape index (κ3) is 2.79. The summed E-state index contributed by atoms with van der Waals surface area (Å²) in [5.74, 6) is -0.264. The first-order valence-electron chi connectivity index (χ1n) is 6.32. The second-order valence-electron chi connectivity index (χ2n) is 4.79. The van der Waals surface area contributed by atoms with Crippen molar-refractivity contribution in [2.75, 3.05) is 7.11 Å². The van der Waals surface area contributed by atoms with Gasteiger partial charge in [-0.05, 0) is 23.6 Å². The van der Waals surface area contributed by atoms with Crippen LogP contribution in [-0.4, -0.2) is 33.2 Å². The Balaban J connectivity index is 2.35. The molecule has 0 radical (unpaired) electrons. The largest absolute Gasteiger partial charge is 0.497 e. The van der Waals surface area contributed by atoms with Gasteiger partial charge >= 0.3 is 5.97 Å². The standard InChI is InChI=1S/C14H17N3O3/c1-9(2)13-12(14(18)19)15-16-17(13)8-10-5-4-6-11(7-10)20-3/h4-7,9H,8H2,1-3H3,(H,18,19). The number of rotatable bonds is 5. The fourth-order valence-electron chi connectivity index (χ4n) is 2.10. The lowest BCUT2D eigenvalue weighted by molar-refractivity contribution is 0.0688. The Morgan fingerprint density at radius 3 is 2.80 bits per heavy atom. The minimum Gasteiger partial charge on any atom is -0.497 e. The molecule has 0 spiro atoms. The van der Waals surface area contributed by atoms with E-state index in [-0.39, 0.29) is 11.6 Å². The number of aromatic nitrogens is 3. The van der Waals surface area contributed by atoms with Crippen LogP contribution in [0.15, 0.2) is 24.3 Å². The van der Waals surface area contributed by atoms with Gasteiger partial charge in [0.05, 0.1) is 19.3 Å². The molecule has 0 aliphatic carbocycles. The highest BCUT2D eigenvalue weighted by Gasteiger charge is 2.21. The van der Waals surface area contributed by atoms with Crippen LogP contribution in [0.3, 0.4) is 0 Å². The van der Waals surface area contributed by atoms with Crippen molar-refractivity contribution in [2.45, 2.75) is 26.3 Å². The molecule has 0 aliphatic heterocycles. The highest BCUT2D eigenvalue weighted by molar-refractivity contribution is 5.86. The second kappa shape index (κ2) is 5.73. The predicted octanol–water partition coefficient (Wildman–Crippen LogP) is 2.16. The molecule has 0 atom stereocenters. The highest BCUT2D eigenvalue weighted by atomic mass is 16.5. The van der Waals surface area contributed by atoms with Crippen molar-refractivity contribution < 1.29 is 14.6 Å². The van der Waals surface area contributed by atoms with E-state index in [4.69, 9.17) is 9.84 Å². The zero-order valence-corrected chi connectivity index (χ0v) is 11.7. The molecule has 0 fully saturated rings. The fourth-order valence-corrected chi connectivity index (χ4v) is 2.10. The van der Waals surface area contributed by atoms with Crippen molar-refractivity contribution in [1.29, 1.82) is 0 Å². The average molecular weight is 275 g/mol. The number of hydrogen-bond donors (Lipinski definition) is 1. The molecule has 0 aliphatic rings. The van der Waals surface area contributed by atoms with Crippen LogP contribution in [0.5, 0.6) is 5.75 Å². The Hall–Kier alpha value is -2.37. The minimum absolute atomic E-state index is 0.0166. The molecule has 2 rings (SSSR count). The number of carboxylic acid groups (broad SMARTS) is 1. The van der Waals surface area contributed by atoms with E-state index < -0.39 is 5.97 Å². The smallest absolute Gasteiger partial charge is 0.358 e. The van der Waals surface area contributed by atoms with Crippen molar-refractivity contribution in [3.05, 3.63) is 41.2 Å². The molecule has 1 aromatic heterocycles. The van der Waals surface area contributed by atoms with Crippen molar-refractivity contribution in [2.24, 2.45) is 0 Å². The predicted molar refractivity (Wildman–Crippen MR) is 73.2 cm³/mol. The first-order chi connectivity index (χ1) is 9.52. The summed E-state index contributed by atoms with van der Waals surface area (Å²) in [7, 11) is 1.61. The molecule has 0 saturated heterocycles. The van der Waals surface area contributed by atoms with Gasteiger partial charge in [0, 0.05) is 0 Å². The molecule has 0 bridgehead atoms. The van der Waals surface area contributed by atoms with Gasteiger partial charge in [0.1, 0.15) is 5.75 Å². The van der Waals surface area contributed by atoms with Crippen LogP contribution in [0.4, 0.5) is 0 Å². The van der Waals surface area contributed by atoms with E-state index in [0.29, 0.717) is 12.2 Å². The normalized spacial score (nSPS) is 10.8. The number of carbonyl (C=O) groups is 1. The molecule has 1 aromatic carbocycles. The van der Waals surface area contributed by atoms with Crippen molar-refractivity contribution >= 4 is 5.97 Å². The summed E-state index contributed by atoms with van der Waals surface area (Å²) >= 11 is 0. The summed E-state index contributed by atoms with van der Waals surface area (Å²) in [4.78, 5) is 11.2. The van der Waals surface area contributed by atoms with E-state index in [1.807, 2.05) is 38.1 Å². The Kier molecular flexibility index (Phi) is 4.02. The maximum Gasteiger partial charge on any atom is 0.358 e. The second-order valence-corrected chi connectivity index (χ2v) is 4.79. The summed E-state index contributed by atoms with van der Waals surface area (Å²) in [5, 5.41) is 16.9. The van der Waals surface area contributed by atoms with Crippen LogP contribution >= 0.6 is 0 Å². The summed E-state index contributed by atoms with van der Waals surface area (Å²) in [6, 6.07) is 7.58. The fraction of sp³-hybridized carbons (Fsp3) is 0.357. The van der Waals surface area contributed by atoms with Gasteiger partial charge in [-0.2, -0.15) is 0 Å². The lowest BCUT2D eigenvalue weighted by Crippen LogP contribution is -2.10. The first-order valence-corrected chi connectivity index (χ1v) is 6.32. The molecular formula is C14H17N3O3. The number of methoxy groups -OCH3 is 1. The van der Waals surface area contributed by atoms with Gasteiger partial charge in [-0.15, -0.1) is 5.10 Å². The lowest BCUT2D eigenvalue weighted by Gasteiger charge is -2.10. The number of ether oxygens (including phenoxy) is 1. The van der Waals surface area contributed by atoms with E-state index in [1.54, 1.807) is 11.8 Å². The van der Waals surface area contributed by atoms with Crippen LogP contribution in [-0.2, 0) is 6.54 Å². The SMILES string of the molecule is COc1cccc(Cn2nnc(C(=O)O)c2C(C)C)c1. The molecule has 0 unspecified atom stereocenters. The van der Waals surface area contributed by atoms with Crippen LogP contribution in [0.2, 0.25) is 0 Å². The summed E-state index contributed by atoms with van der Waals surface area (Å²) < 4.78 is 6.80. The van der Waals surface area contributed by atoms with E-state index >= 15 is 0 Å². The highest BCUT2D eigenvalue weighted by Crippen LogP contribution is 2.20. The molecule has 1 N–H and O–H groups in total. The van der Waals surface area contributed by atoms with Crippen molar-refractivity contribution in [1.82, 2.24) is 15.0 Å². The molecule has 106 valence electrons. The van der Waals surface area contributed by atoms with Gasteiger partial charge in [0.2, 0.25) is 0 Å². The number of benzene rings is 1. The Bertz CT molecular complexity index is 620. The molecule has 0 amide bonds. The molecule has 1 heterocycles. The quantitative estimate of drug-likeness (QED) is 0.904. The Morgan fingerprint density at radius 1 is 1.45 bits per heavy atom.